The van der Waals surface area contributed by atoms with Gasteiger partial charge in [0.2, 0.25) is 0 Å². The number of hydrogen-bond acceptors (Lipinski definition) is 4. The van der Waals surface area contributed by atoms with Crippen molar-refractivity contribution < 1.29 is 15.0 Å². The third-order valence-corrected chi connectivity index (χ3v) is 4.74. The molecule has 1 aliphatic heterocycles. The lowest BCUT2D eigenvalue weighted by Crippen LogP contribution is -2.29. The molecule has 0 spiro atoms. The minimum atomic E-state index is -0.826. The second-order valence-corrected chi connectivity index (χ2v) is 6.28. The third kappa shape index (κ3) is 2.15. The number of carbonyl (C=O) groups is 1. The number of thiophene rings is 1. The van der Waals surface area contributed by atoms with Crippen molar-refractivity contribution in [1.29, 1.82) is 0 Å². The van der Waals surface area contributed by atoms with Crippen molar-refractivity contribution in [2.75, 3.05) is 13.1 Å². The number of halogens is 1. The lowest BCUT2D eigenvalue weighted by molar-refractivity contribution is 0.0572. The van der Waals surface area contributed by atoms with E-state index in [1.165, 1.54) is 16.2 Å². The standard InChI is InChI=1S/C10H12BrNO3S/c1-5-2-8(16-9(5)11)10(15)12-3-6(13)7(14)4-12/h2,6-7,13-14H,3-4H2,1H3/t6-,7+. The van der Waals surface area contributed by atoms with Crippen molar-refractivity contribution in [2.24, 2.45) is 0 Å². The average molecular weight is 306 g/mol. The maximum absolute atomic E-state index is 12.0. The maximum atomic E-state index is 12.0. The smallest absolute Gasteiger partial charge is 0.264 e. The summed E-state index contributed by atoms with van der Waals surface area (Å²) >= 11 is 4.74. The second kappa shape index (κ2) is 4.44. The van der Waals surface area contributed by atoms with Crippen molar-refractivity contribution >= 4 is 33.2 Å². The van der Waals surface area contributed by atoms with Gasteiger partial charge in [-0.25, -0.2) is 0 Å². The fourth-order valence-electron chi connectivity index (χ4n) is 1.66. The van der Waals surface area contributed by atoms with Crippen LogP contribution in [0.25, 0.3) is 0 Å². The number of β-amino-alcohol motifs (C(OH)–C–C–N with tert-alkyl or cyclic N) is 2. The summed E-state index contributed by atoms with van der Waals surface area (Å²) in [4.78, 5) is 14.1. The summed E-state index contributed by atoms with van der Waals surface area (Å²) in [5.41, 5.74) is 1.02. The Balaban J connectivity index is 2.14. The van der Waals surface area contributed by atoms with Crippen LogP contribution in [0.2, 0.25) is 0 Å². The molecule has 88 valence electrons. The Labute approximate surface area is 106 Å². The van der Waals surface area contributed by atoms with Gasteiger partial charge in [0, 0.05) is 13.1 Å². The van der Waals surface area contributed by atoms with Gasteiger partial charge in [-0.3, -0.25) is 4.79 Å². The van der Waals surface area contributed by atoms with Gasteiger partial charge in [0.25, 0.3) is 5.91 Å². The normalized spacial score (nSPS) is 25.1. The summed E-state index contributed by atoms with van der Waals surface area (Å²) in [6, 6.07) is 1.81. The van der Waals surface area contributed by atoms with E-state index in [0.717, 1.165) is 9.35 Å². The summed E-state index contributed by atoms with van der Waals surface area (Å²) in [6.45, 7) is 2.33. The van der Waals surface area contributed by atoms with Crippen LogP contribution in [0, 0.1) is 6.92 Å². The van der Waals surface area contributed by atoms with Crippen molar-refractivity contribution in [3.63, 3.8) is 0 Å². The summed E-state index contributed by atoms with van der Waals surface area (Å²) in [5.74, 6) is -0.130. The zero-order valence-corrected chi connectivity index (χ0v) is 11.1. The minimum absolute atomic E-state index is 0.130. The molecule has 2 N–H and O–H groups in total. The van der Waals surface area contributed by atoms with Gasteiger partial charge in [-0.15, -0.1) is 11.3 Å². The van der Waals surface area contributed by atoms with Crippen LogP contribution in [0.15, 0.2) is 9.85 Å². The fourth-order valence-corrected chi connectivity index (χ4v) is 3.16. The van der Waals surface area contributed by atoms with Crippen molar-refractivity contribution in [1.82, 2.24) is 4.90 Å². The van der Waals surface area contributed by atoms with Crippen LogP contribution in [-0.4, -0.2) is 46.3 Å². The summed E-state index contributed by atoms with van der Waals surface area (Å²) in [6.07, 6.45) is -1.65. The van der Waals surface area contributed by atoms with E-state index in [1.54, 1.807) is 0 Å². The van der Waals surface area contributed by atoms with Gasteiger partial charge in [0.05, 0.1) is 20.9 Å². The molecule has 2 heterocycles. The summed E-state index contributed by atoms with van der Waals surface area (Å²) < 4.78 is 0.941. The van der Waals surface area contributed by atoms with Gasteiger partial charge in [-0.05, 0) is 34.5 Å². The first-order chi connectivity index (χ1) is 7.49. The lowest BCUT2D eigenvalue weighted by atomic mass is 10.3. The number of aryl methyl sites for hydroxylation is 1. The van der Waals surface area contributed by atoms with E-state index in [1.807, 2.05) is 13.0 Å². The van der Waals surface area contributed by atoms with Crippen molar-refractivity contribution in [3.05, 3.63) is 20.3 Å². The quantitative estimate of drug-likeness (QED) is 0.813. The molecule has 1 amide bonds. The number of amides is 1. The first-order valence-corrected chi connectivity index (χ1v) is 6.51. The first-order valence-electron chi connectivity index (χ1n) is 4.90. The maximum Gasteiger partial charge on any atom is 0.264 e. The highest BCUT2D eigenvalue weighted by Gasteiger charge is 2.33. The Kier molecular flexibility index (Phi) is 3.34. The van der Waals surface area contributed by atoms with Crippen molar-refractivity contribution in [3.8, 4) is 0 Å². The van der Waals surface area contributed by atoms with Crippen LogP contribution in [0.4, 0.5) is 0 Å². The summed E-state index contributed by atoms with van der Waals surface area (Å²) in [5, 5.41) is 18.7. The molecule has 1 aromatic heterocycles. The number of aliphatic hydroxyl groups is 2. The van der Waals surface area contributed by atoms with E-state index in [0.29, 0.717) is 4.88 Å². The zero-order chi connectivity index (χ0) is 11.9. The Morgan fingerprint density at radius 3 is 2.50 bits per heavy atom. The SMILES string of the molecule is Cc1cc(C(=O)N2C[C@@H](O)[C@@H](O)C2)sc1Br. The number of likely N-dealkylation sites (tertiary alicyclic amines) is 1. The zero-order valence-electron chi connectivity index (χ0n) is 8.68. The molecular formula is C10H12BrNO3S. The Hall–Kier alpha value is -0.430. The predicted molar refractivity (Wildman–Crippen MR) is 64.7 cm³/mol. The van der Waals surface area contributed by atoms with Crippen LogP contribution in [0.1, 0.15) is 15.2 Å². The molecule has 1 saturated heterocycles. The first kappa shape index (κ1) is 12.0. The van der Waals surface area contributed by atoms with E-state index in [2.05, 4.69) is 15.9 Å². The number of rotatable bonds is 1. The van der Waals surface area contributed by atoms with Gasteiger partial charge < -0.3 is 15.1 Å². The van der Waals surface area contributed by atoms with E-state index in [-0.39, 0.29) is 19.0 Å². The van der Waals surface area contributed by atoms with E-state index < -0.39 is 12.2 Å². The second-order valence-electron chi connectivity index (χ2n) is 3.91. The van der Waals surface area contributed by atoms with E-state index >= 15 is 0 Å². The topological polar surface area (TPSA) is 60.8 Å². The molecule has 0 bridgehead atoms. The van der Waals surface area contributed by atoms with Gasteiger partial charge in [0.1, 0.15) is 0 Å². The van der Waals surface area contributed by atoms with Gasteiger partial charge in [-0.1, -0.05) is 0 Å². The molecule has 2 rings (SSSR count). The molecule has 1 aromatic rings. The van der Waals surface area contributed by atoms with Gasteiger partial charge >= 0.3 is 0 Å². The monoisotopic (exact) mass is 305 g/mol. The van der Waals surface area contributed by atoms with E-state index in [4.69, 9.17) is 0 Å². The third-order valence-electron chi connectivity index (χ3n) is 2.61. The fraction of sp³-hybridized carbons (Fsp3) is 0.500. The Morgan fingerprint density at radius 2 is 2.06 bits per heavy atom. The molecule has 4 nitrogen and oxygen atoms in total. The largest absolute Gasteiger partial charge is 0.388 e. The number of aliphatic hydroxyl groups excluding tert-OH is 2. The van der Waals surface area contributed by atoms with Crippen LogP contribution in [-0.2, 0) is 0 Å². The van der Waals surface area contributed by atoms with E-state index in [9.17, 15) is 15.0 Å². The lowest BCUT2D eigenvalue weighted by Gasteiger charge is -2.13. The molecule has 0 aromatic carbocycles. The van der Waals surface area contributed by atoms with Crippen LogP contribution >= 0.6 is 27.3 Å². The highest BCUT2D eigenvalue weighted by molar-refractivity contribution is 9.11. The van der Waals surface area contributed by atoms with Crippen LogP contribution in [0.3, 0.4) is 0 Å². The Morgan fingerprint density at radius 1 is 1.50 bits per heavy atom. The predicted octanol–water partition coefficient (Wildman–Crippen LogP) is 0.997. The number of hydrogen-bond donors (Lipinski definition) is 2. The number of nitrogens with zero attached hydrogens (tertiary/aromatic N) is 1. The molecule has 0 unspecified atom stereocenters. The molecule has 0 aliphatic carbocycles. The Bertz CT molecular complexity index is 391. The molecular weight excluding hydrogens is 294 g/mol. The molecule has 16 heavy (non-hydrogen) atoms. The van der Waals surface area contributed by atoms with Gasteiger partial charge in [-0.2, -0.15) is 0 Å². The van der Waals surface area contributed by atoms with Crippen molar-refractivity contribution in [2.45, 2.75) is 19.1 Å². The van der Waals surface area contributed by atoms with Crippen LogP contribution in [0.5, 0.6) is 0 Å². The highest BCUT2D eigenvalue weighted by Crippen LogP contribution is 2.29. The highest BCUT2D eigenvalue weighted by atomic mass is 79.9. The molecule has 1 aliphatic rings. The number of carbonyl (C=O) groups excluding carboxylic acids is 1. The molecule has 0 radical (unpaired) electrons. The average Bonchev–Trinajstić information content (AvgIpc) is 2.72. The van der Waals surface area contributed by atoms with Gasteiger partial charge in [0.15, 0.2) is 0 Å². The minimum Gasteiger partial charge on any atom is -0.388 e. The summed E-state index contributed by atoms with van der Waals surface area (Å²) in [7, 11) is 0. The molecule has 1 fully saturated rings. The molecule has 2 atom stereocenters. The van der Waals surface area contributed by atoms with Crippen LogP contribution < -0.4 is 0 Å². The molecule has 6 heteroatoms. The molecule has 0 saturated carbocycles.